The fourth-order valence-corrected chi connectivity index (χ4v) is 5.19. The summed E-state index contributed by atoms with van der Waals surface area (Å²) in [5.74, 6) is -2.96. The second-order valence-corrected chi connectivity index (χ2v) is 9.87. The lowest BCUT2D eigenvalue weighted by molar-refractivity contribution is -0.611. The van der Waals surface area contributed by atoms with E-state index in [4.69, 9.17) is 11.6 Å². The third-order valence-electron chi connectivity index (χ3n) is 7.06. The first kappa shape index (κ1) is 27.4. The van der Waals surface area contributed by atoms with Crippen molar-refractivity contribution in [2.24, 2.45) is 18.9 Å². The SMILES string of the molecule is Cc1c(-c2ccc(NC(=O)[C@@H](NC(=O)c3ccnn3C)C3CCC(C(F)(F)F)CC3)cc2)c(Cl)cc[n+]1[O-]. The standard InChI is InChI=1S/C26H27ClF3N5O3/c1-15-22(20(27)12-14-35(15)38)16-5-9-19(10-6-16)32-25(37)23(33-24(36)21-11-13-31-34(21)2)17-3-7-18(8-4-17)26(28,29)30/h5-6,9-14,17-18,23H,3-4,7-8H2,1-2H3,(H,32,37)(H,33,36)/t17?,18?,23-/m0/s1. The van der Waals surface area contributed by atoms with Crippen molar-refractivity contribution in [1.29, 1.82) is 0 Å². The van der Waals surface area contributed by atoms with E-state index in [0.717, 1.165) is 0 Å². The molecule has 0 radical (unpaired) electrons. The molecule has 2 heterocycles. The Balaban J connectivity index is 1.53. The number of nitrogens with zero attached hydrogens (tertiary/aromatic N) is 3. The summed E-state index contributed by atoms with van der Waals surface area (Å²) in [5, 5.41) is 21.8. The molecule has 0 aliphatic heterocycles. The Bertz CT molecular complexity index is 1320. The van der Waals surface area contributed by atoms with Crippen LogP contribution in [0.1, 0.15) is 41.9 Å². The van der Waals surface area contributed by atoms with Gasteiger partial charge in [0, 0.05) is 31.9 Å². The summed E-state index contributed by atoms with van der Waals surface area (Å²) in [7, 11) is 1.58. The van der Waals surface area contributed by atoms with Crippen molar-refractivity contribution in [3.8, 4) is 11.1 Å². The Hall–Kier alpha value is -3.60. The minimum absolute atomic E-state index is 0.106. The van der Waals surface area contributed by atoms with Crippen molar-refractivity contribution in [1.82, 2.24) is 15.1 Å². The average Bonchev–Trinajstić information content (AvgIpc) is 3.31. The van der Waals surface area contributed by atoms with Crippen molar-refractivity contribution in [2.75, 3.05) is 5.32 Å². The van der Waals surface area contributed by atoms with Crippen LogP contribution < -0.4 is 15.4 Å². The van der Waals surface area contributed by atoms with E-state index < -0.39 is 35.9 Å². The first-order chi connectivity index (χ1) is 18.0. The molecule has 1 saturated carbocycles. The van der Waals surface area contributed by atoms with Crippen LogP contribution in [0.25, 0.3) is 11.1 Å². The highest BCUT2D eigenvalue weighted by atomic mass is 35.5. The monoisotopic (exact) mass is 549 g/mol. The Labute approximate surface area is 222 Å². The third kappa shape index (κ3) is 5.93. The molecule has 2 aromatic heterocycles. The highest BCUT2D eigenvalue weighted by molar-refractivity contribution is 6.33. The van der Waals surface area contributed by atoms with E-state index in [1.54, 1.807) is 38.2 Å². The van der Waals surface area contributed by atoms with Gasteiger partial charge >= 0.3 is 6.18 Å². The van der Waals surface area contributed by atoms with Crippen LogP contribution in [0, 0.1) is 24.0 Å². The van der Waals surface area contributed by atoms with Gasteiger partial charge in [-0.15, -0.1) is 0 Å². The van der Waals surface area contributed by atoms with Crippen molar-refractivity contribution < 1.29 is 27.5 Å². The number of aromatic nitrogens is 3. The molecular formula is C26H27ClF3N5O3. The molecule has 0 unspecified atom stereocenters. The van der Waals surface area contributed by atoms with Crippen LogP contribution in [-0.4, -0.2) is 33.8 Å². The van der Waals surface area contributed by atoms with Crippen LogP contribution in [0.4, 0.5) is 18.9 Å². The molecule has 8 nitrogen and oxygen atoms in total. The van der Waals surface area contributed by atoms with Crippen molar-refractivity contribution >= 4 is 29.1 Å². The summed E-state index contributed by atoms with van der Waals surface area (Å²) in [6, 6.07) is 8.60. The number of pyridine rings is 1. The normalized spacial score (nSPS) is 18.6. The molecule has 1 aliphatic rings. The van der Waals surface area contributed by atoms with Gasteiger partial charge in [-0.25, -0.2) is 0 Å². The minimum atomic E-state index is -4.28. The number of alkyl halides is 3. The van der Waals surface area contributed by atoms with Crippen molar-refractivity contribution in [2.45, 2.75) is 44.8 Å². The molecule has 1 fully saturated rings. The van der Waals surface area contributed by atoms with Crippen LogP contribution in [0.2, 0.25) is 5.02 Å². The number of hydrogen-bond acceptors (Lipinski definition) is 4. The number of nitrogens with one attached hydrogen (secondary N) is 2. The van der Waals surface area contributed by atoms with Gasteiger partial charge in [-0.2, -0.15) is 23.0 Å². The predicted octanol–water partition coefficient (Wildman–Crippen LogP) is 4.79. The van der Waals surface area contributed by atoms with Gasteiger partial charge < -0.3 is 15.8 Å². The van der Waals surface area contributed by atoms with Gasteiger partial charge in [-0.05, 0) is 55.4 Å². The maximum atomic E-state index is 13.4. The topological polar surface area (TPSA) is 103 Å². The zero-order valence-electron chi connectivity index (χ0n) is 20.8. The van der Waals surface area contributed by atoms with Gasteiger partial charge in [-0.1, -0.05) is 23.7 Å². The van der Waals surface area contributed by atoms with Gasteiger partial charge in [-0.3, -0.25) is 14.3 Å². The van der Waals surface area contributed by atoms with E-state index in [1.807, 2.05) is 0 Å². The largest absolute Gasteiger partial charge is 0.618 e. The number of anilines is 1. The van der Waals surface area contributed by atoms with Crippen LogP contribution in [0.5, 0.6) is 0 Å². The lowest BCUT2D eigenvalue weighted by Crippen LogP contribution is -2.50. The quantitative estimate of drug-likeness (QED) is 0.341. The Morgan fingerprint density at radius 1 is 1.13 bits per heavy atom. The van der Waals surface area contributed by atoms with E-state index in [9.17, 15) is 28.0 Å². The molecule has 0 bridgehead atoms. The van der Waals surface area contributed by atoms with Crippen LogP contribution in [0.15, 0.2) is 48.8 Å². The number of aryl methyl sites for hydroxylation is 1. The summed E-state index contributed by atoms with van der Waals surface area (Å²) in [5.41, 5.74) is 2.29. The molecule has 0 saturated heterocycles. The second kappa shape index (κ2) is 11.0. The predicted molar refractivity (Wildman–Crippen MR) is 135 cm³/mol. The number of hydrogen-bond donors (Lipinski definition) is 2. The Kier molecular flexibility index (Phi) is 7.96. The third-order valence-corrected chi connectivity index (χ3v) is 7.37. The summed E-state index contributed by atoms with van der Waals surface area (Å²) >= 11 is 6.29. The lowest BCUT2D eigenvalue weighted by atomic mass is 9.78. The molecule has 2 amide bonds. The molecule has 12 heteroatoms. The maximum absolute atomic E-state index is 13.4. The molecule has 1 aliphatic carbocycles. The molecule has 38 heavy (non-hydrogen) atoms. The lowest BCUT2D eigenvalue weighted by Gasteiger charge is -2.34. The zero-order valence-corrected chi connectivity index (χ0v) is 21.5. The Morgan fingerprint density at radius 3 is 2.37 bits per heavy atom. The van der Waals surface area contributed by atoms with E-state index in [-0.39, 0.29) is 31.4 Å². The molecule has 0 spiro atoms. The van der Waals surface area contributed by atoms with Crippen LogP contribution in [0.3, 0.4) is 0 Å². The molecule has 4 rings (SSSR count). The van der Waals surface area contributed by atoms with Gasteiger partial charge in [0.05, 0.1) is 16.5 Å². The number of rotatable bonds is 6. The smallest absolute Gasteiger partial charge is 0.391 e. The van der Waals surface area contributed by atoms with E-state index >= 15 is 0 Å². The number of carbonyl (C=O) groups excluding carboxylic acids is 2. The van der Waals surface area contributed by atoms with E-state index in [1.165, 1.54) is 29.2 Å². The minimum Gasteiger partial charge on any atom is -0.618 e. The zero-order chi connectivity index (χ0) is 27.6. The summed E-state index contributed by atoms with van der Waals surface area (Å²) in [6.07, 6.45) is -1.45. The number of benzene rings is 1. The van der Waals surface area contributed by atoms with Crippen molar-refractivity contribution in [3.05, 3.63) is 70.4 Å². The fraction of sp³-hybridized carbons (Fsp3) is 0.385. The molecular weight excluding hydrogens is 523 g/mol. The molecule has 2 N–H and O–H groups in total. The number of halogens is 4. The average molecular weight is 550 g/mol. The fourth-order valence-electron chi connectivity index (χ4n) is 4.89. The second-order valence-electron chi connectivity index (χ2n) is 9.46. The van der Waals surface area contributed by atoms with Gasteiger partial charge in [0.25, 0.3) is 5.91 Å². The van der Waals surface area contributed by atoms with Gasteiger partial charge in [0.2, 0.25) is 5.91 Å². The van der Waals surface area contributed by atoms with E-state index in [0.29, 0.717) is 32.3 Å². The first-order valence-corrected chi connectivity index (χ1v) is 12.5. The van der Waals surface area contributed by atoms with Crippen LogP contribution in [-0.2, 0) is 11.8 Å². The molecule has 1 aromatic carbocycles. The van der Waals surface area contributed by atoms with Crippen LogP contribution >= 0.6 is 11.6 Å². The van der Waals surface area contributed by atoms with E-state index in [2.05, 4.69) is 15.7 Å². The number of carbonyl (C=O) groups is 2. The van der Waals surface area contributed by atoms with Gasteiger partial charge in [0.1, 0.15) is 11.7 Å². The summed E-state index contributed by atoms with van der Waals surface area (Å²) in [4.78, 5) is 26.2. The molecule has 202 valence electrons. The summed E-state index contributed by atoms with van der Waals surface area (Å²) in [6.45, 7) is 1.65. The van der Waals surface area contributed by atoms with Gasteiger partial charge in [0.15, 0.2) is 11.9 Å². The first-order valence-electron chi connectivity index (χ1n) is 12.1. The molecule has 3 aromatic rings. The maximum Gasteiger partial charge on any atom is 0.391 e. The molecule has 1 atom stereocenters. The Morgan fingerprint density at radius 2 is 1.79 bits per heavy atom. The van der Waals surface area contributed by atoms with Crippen molar-refractivity contribution in [3.63, 3.8) is 0 Å². The summed E-state index contributed by atoms with van der Waals surface area (Å²) < 4.78 is 41.7. The highest BCUT2D eigenvalue weighted by Gasteiger charge is 2.44. The highest BCUT2D eigenvalue weighted by Crippen LogP contribution is 2.40. The number of amides is 2.